The highest BCUT2D eigenvalue weighted by molar-refractivity contribution is 6.35. The maximum absolute atomic E-state index is 15.4. The topological polar surface area (TPSA) is 81.1 Å². The van der Waals surface area contributed by atoms with Gasteiger partial charge in [-0.1, -0.05) is 91.0 Å². The van der Waals surface area contributed by atoms with Gasteiger partial charge in [0.2, 0.25) is 5.41 Å². The molecule has 0 spiro atoms. The summed E-state index contributed by atoms with van der Waals surface area (Å²) in [6.07, 6.45) is -12.1. The Hall–Kier alpha value is -7.08. The summed E-state index contributed by atoms with van der Waals surface area (Å²) >= 11 is 0. The van der Waals surface area contributed by atoms with Crippen molar-refractivity contribution in [1.82, 2.24) is 0 Å². The Balaban J connectivity index is 1.21. The summed E-state index contributed by atoms with van der Waals surface area (Å²) in [7, 11) is 3.98. The molecular weight excluding hydrogens is 831 g/mol. The largest absolute Gasteiger partial charge is 0.507 e. The number of nitrogens with zero attached hydrogens (tertiary/aromatic N) is 2. The average molecular weight is 871 g/mol. The van der Waals surface area contributed by atoms with Crippen LogP contribution in [0.3, 0.4) is 0 Å². The first-order valence-electron chi connectivity index (χ1n) is 20.4. The molecule has 0 atom stereocenters. The number of carbonyl (C=O) groups excluding carboxylic acids is 2. The van der Waals surface area contributed by atoms with Crippen molar-refractivity contribution < 1.29 is 46.1 Å². The number of rotatable bonds is 6. The van der Waals surface area contributed by atoms with Crippen molar-refractivity contribution in [2.45, 2.75) is 50.9 Å². The first kappa shape index (κ1) is 42.2. The minimum atomic E-state index is -6.05. The van der Waals surface area contributed by atoms with Crippen LogP contribution in [0.4, 0.5) is 37.7 Å². The molecule has 0 aromatic heterocycles. The van der Waals surface area contributed by atoms with Gasteiger partial charge in [-0.3, -0.25) is 9.59 Å². The van der Waals surface area contributed by atoms with E-state index in [0.29, 0.717) is 35.4 Å². The Bertz CT molecular complexity index is 3040. The number of anilines is 2. The van der Waals surface area contributed by atoms with Gasteiger partial charge in [0.05, 0.1) is 22.2 Å². The molecule has 1 aliphatic carbocycles. The number of alkyl halides is 6. The number of fused-ring (bicyclic) bond motifs is 5. The van der Waals surface area contributed by atoms with Crippen LogP contribution in [0.2, 0.25) is 0 Å². The normalized spacial score (nSPS) is 14.5. The van der Waals surface area contributed by atoms with E-state index in [2.05, 4.69) is 55.1 Å². The van der Waals surface area contributed by atoms with Gasteiger partial charge in [0, 0.05) is 30.6 Å². The number of carbonyl (C=O) groups is 2. The van der Waals surface area contributed by atoms with Crippen LogP contribution in [-0.2, 0) is 10.8 Å². The van der Waals surface area contributed by atoms with E-state index >= 15 is 26.3 Å². The zero-order valence-corrected chi connectivity index (χ0v) is 35.4. The quantitative estimate of drug-likeness (QED) is 0.0988. The van der Waals surface area contributed by atoms with Crippen molar-refractivity contribution >= 4 is 34.0 Å². The van der Waals surface area contributed by atoms with E-state index in [0.717, 1.165) is 79.4 Å². The Morgan fingerprint density at radius 1 is 0.516 bits per heavy atom. The summed E-state index contributed by atoms with van der Waals surface area (Å²) in [5.41, 5.74) is 0.930. The van der Waals surface area contributed by atoms with Gasteiger partial charge < -0.3 is 15.1 Å². The number of phenolic OH excluding ortho intramolecular Hbond substituents is 2. The standard InChI is InChI=1S/C52H40F6N2O4/c1-27-21-33(22-28(2)45(27)59(5)6)49(41-13-9-7-11-35(41)36-12-8-10-14-42(36)49)34-23-29(3)46(30(4)24-34)60-47(63)38-18-16-32(26-40(38)48(60)64)50(51(53,54)55,52(56,57)58)31-15-17-37-39(25-31)44(62)20-19-43(37)61/h7-26,61-62H,1-6H3. The van der Waals surface area contributed by atoms with Crippen molar-refractivity contribution in [3.8, 4) is 22.6 Å². The lowest BCUT2D eigenvalue weighted by atomic mass is 9.66. The third-order valence-corrected chi connectivity index (χ3v) is 13.0. The number of hydrogen-bond donors (Lipinski definition) is 2. The van der Waals surface area contributed by atoms with Crippen molar-refractivity contribution in [2.75, 3.05) is 23.9 Å². The number of hydrogen-bond acceptors (Lipinski definition) is 5. The molecule has 0 saturated heterocycles. The molecule has 0 unspecified atom stereocenters. The highest BCUT2D eigenvalue weighted by Gasteiger charge is 2.73. The van der Waals surface area contributed by atoms with Gasteiger partial charge in [-0.05, 0) is 125 Å². The molecule has 12 heteroatoms. The molecule has 0 bridgehead atoms. The zero-order valence-electron chi connectivity index (χ0n) is 35.4. The SMILES string of the molecule is Cc1cc(C2(c3cc(C)c(N4C(=O)c5ccc(C(c6ccc7c(O)ccc(O)c7c6)(C(F)(F)F)C(F)(F)F)cc5C4=O)c(C)c3)c3ccccc3-c3ccccc32)cc(C)c1N(C)C. The minimum absolute atomic E-state index is 0.157. The molecule has 7 aromatic rings. The van der Waals surface area contributed by atoms with Crippen LogP contribution < -0.4 is 9.80 Å². The Kier molecular flexibility index (Phi) is 9.38. The summed E-state index contributed by atoms with van der Waals surface area (Å²) in [6.45, 7) is 7.56. The van der Waals surface area contributed by atoms with Gasteiger partial charge in [0.25, 0.3) is 11.8 Å². The highest BCUT2D eigenvalue weighted by Crippen LogP contribution is 2.59. The summed E-state index contributed by atoms with van der Waals surface area (Å²) < 4.78 is 92.4. The highest BCUT2D eigenvalue weighted by atomic mass is 19.4. The monoisotopic (exact) mass is 870 g/mol. The predicted molar refractivity (Wildman–Crippen MR) is 235 cm³/mol. The fourth-order valence-corrected chi connectivity index (χ4v) is 10.6. The van der Waals surface area contributed by atoms with Gasteiger partial charge in [-0.25, -0.2) is 4.90 Å². The fourth-order valence-electron chi connectivity index (χ4n) is 10.6. The molecule has 2 amide bonds. The van der Waals surface area contributed by atoms with Gasteiger partial charge in [0.15, 0.2) is 0 Å². The predicted octanol–water partition coefficient (Wildman–Crippen LogP) is 12.1. The number of phenols is 2. The van der Waals surface area contributed by atoms with Crippen LogP contribution in [-0.4, -0.2) is 48.5 Å². The molecule has 0 saturated carbocycles. The number of imide groups is 1. The van der Waals surface area contributed by atoms with Crippen LogP contribution >= 0.6 is 0 Å². The molecule has 64 heavy (non-hydrogen) atoms. The van der Waals surface area contributed by atoms with Crippen molar-refractivity contribution in [2.24, 2.45) is 0 Å². The zero-order chi connectivity index (χ0) is 46.0. The molecule has 0 fully saturated rings. The lowest BCUT2D eigenvalue weighted by molar-refractivity contribution is -0.288. The number of aromatic hydroxyl groups is 2. The second-order valence-corrected chi connectivity index (χ2v) is 17.0. The van der Waals surface area contributed by atoms with Gasteiger partial charge in [-0.2, -0.15) is 26.3 Å². The number of aryl methyl sites for hydroxylation is 4. The van der Waals surface area contributed by atoms with E-state index in [1.54, 1.807) is 13.8 Å². The molecule has 1 aliphatic heterocycles. The van der Waals surface area contributed by atoms with Gasteiger partial charge >= 0.3 is 12.4 Å². The van der Waals surface area contributed by atoms with Crippen LogP contribution in [0.25, 0.3) is 21.9 Å². The smallest absolute Gasteiger partial charge is 0.411 e. The molecule has 6 nitrogen and oxygen atoms in total. The van der Waals surface area contributed by atoms with E-state index < -0.39 is 68.6 Å². The van der Waals surface area contributed by atoms with Crippen molar-refractivity contribution in [3.05, 3.63) is 188 Å². The number of amides is 2. The summed E-state index contributed by atoms with van der Waals surface area (Å²) in [4.78, 5) is 31.6. The molecule has 324 valence electrons. The van der Waals surface area contributed by atoms with Crippen LogP contribution in [0, 0.1) is 27.7 Å². The third-order valence-electron chi connectivity index (χ3n) is 13.0. The lowest BCUT2D eigenvalue weighted by Gasteiger charge is -2.38. The molecule has 1 heterocycles. The Morgan fingerprint density at radius 3 is 1.48 bits per heavy atom. The maximum atomic E-state index is 15.4. The van der Waals surface area contributed by atoms with Crippen molar-refractivity contribution in [1.29, 1.82) is 0 Å². The fraction of sp³-hybridized carbons (Fsp3) is 0.192. The second kappa shape index (κ2) is 14.2. The van der Waals surface area contributed by atoms with Crippen LogP contribution in [0.5, 0.6) is 11.5 Å². The van der Waals surface area contributed by atoms with E-state index in [1.807, 2.05) is 50.5 Å². The number of halogens is 6. The summed E-state index contributed by atoms with van der Waals surface area (Å²) in [5, 5.41) is 20.1. The third kappa shape index (κ3) is 5.66. The minimum Gasteiger partial charge on any atom is -0.507 e. The lowest BCUT2D eigenvalue weighted by Crippen LogP contribution is -2.54. The van der Waals surface area contributed by atoms with E-state index in [1.165, 1.54) is 0 Å². The Labute approximate surface area is 364 Å². The molecule has 7 aromatic carbocycles. The average Bonchev–Trinajstić information content (AvgIpc) is 3.65. The second-order valence-electron chi connectivity index (χ2n) is 17.0. The molecule has 0 radical (unpaired) electrons. The molecule has 9 rings (SSSR count). The van der Waals surface area contributed by atoms with E-state index in [-0.39, 0.29) is 16.6 Å². The summed E-state index contributed by atoms with van der Waals surface area (Å²) in [6, 6.07) is 30.2. The van der Waals surface area contributed by atoms with E-state index in [9.17, 15) is 19.8 Å². The number of benzene rings is 7. The molecular formula is C52H40F6N2O4. The summed E-state index contributed by atoms with van der Waals surface area (Å²) in [5.74, 6) is -3.12. The van der Waals surface area contributed by atoms with Crippen LogP contribution in [0.1, 0.15) is 76.4 Å². The van der Waals surface area contributed by atoms with E-state index in [4.69, 9.17) is 0 Å². The van der Waals surface area contributed by atoms with Crippen LogP contribution in [0.15, 0.2) is 121 Å². The first-order valence-corrected chi connectivity index (χ1v) is 20.4. The molecule has 2 N–H and O–H groups in total. The van der Waals surface area contributed by atoms with Gasteiger partial charge in [0.1, 0.15) is 11.5 Å². The first-order chi connectivity index (χ1) is 30.2. The Morgan fingerprint density at radius 2 is 0.969 bits per heavy atom. The molecule has 2 aliphatic rings. The van der Waals surface area contributed by atoms with Gasteiger partial charge in [-0.15, -0.1) is 0 Å². The van der Waals surface area contributed by atoms with Crippen molar-refractivity contribution in [3.63, 3.8) is 0 Å². The maximum Gasteiger partial charge on any atom is 0.411 e.